The zero-order valence-corrected chi connectivity index (χ0v) is 18.9. The van der Waals surface area contributed by atoms with Crippen molar-refractivity contribution in [3.63, 3.8) is 0 Å². The average Bonchev–Trinajstić information content (AvgIpc) is 2.75. The fourth-order valence-corrected chi connectivity index (χ4v) is 3.50. The van der Waals surface area contributed by atoms with E-state index in [2.05, 4.69) is 21.2 Å². The van der Waals surface area contributed by atoms with Crippen LogP contribution in [0.15, 0.2) is 47.0 Å². The summed E-state index contributed by atoms with van der Waals surface area (Å²) in [5.41, 5.74) is 3.63. The van der Waals surface area contributed by atoms with Gasteiger partial charge in [-0.1, -0.05) is 34.1 Å². The van der Waals surface area contributed by atoms with E-state index in [0.29, 0.717) is 22.7 Å². The molecule has 0 saturated carbocycles. The number of carbonyl (C=O) groups excluding carboxylic acids is 2. The molecule has 0 radical (unpaired) electrons. The SMILES string of the molecule is COc1ccc(/C=C/C(=O)c2ccc(Br)c3c2OC(C)(C)C=C3)cc1NCC(=O)NO. The van der Waals surface area contributed by atoms with Crippen LogP contribution in [0.3, 0.4) is 0 Å². The van der Waals surface area contributed by atoms with Gasteiger partial charge in [-0.3, -0.25) is 14.8 Å². The van der Waals surface area contributed by atoms with E-state index in [4.69, 9.17) is 14.7 Å². The van der Waals surface area contributed by atoms with Gasteiger partial charge in [0.05, 0.1) is 24.9 Å². The molecule has 0 bridgehead atoms. The van der Waals surface area contributed by atoms with Crippen molar-refractivity contribution in [1.29, 1.82) is 0 Å². The van der Waals surface area contributed by atoms with E-state index in [9.17, 15) is 9.59 Å². The Morgan fingerprint density at radius 2 is 2.03 bits per heavy atom. The number of ketones is 1. The van der Waals surface area contributed by atoms with Crippen LogP contribution in [0.2, 0.25) is 0 Å². The molecule has 7 nitrogen and oxygen atoms in total. The fraction of sp³-hybridized carbons (Fsp3) is 0.217. The molecule has 2 aromatic rings. The summed E-state index contributed by atoms with van der Waals surface area (Å²) in [7, 11) is 1.51. The number of ether oxygens (including phenoxy) is 2. The third-order valence-corrected chi connectivity index (χ3v) is 5.33. The lowest BCUT2D eigenvalue weighted by Gasteiger charge is -2.29. The van der Waals surface area contributed by atoms with Crippen molar-refractivity contribution in [1.82, 2.24) is 5.48 Å². The second-order valence-corrected chi connectivity index (χ2v) is 8.28. The highest BCUT2D eigenvalue weighted by atomic mass is 79.9. The standard InChI is InChI=1S/C23H23BrN2O5/c1-23(2)11-10-15-17(24)7-6-16(22(15)31-23)19(27)8-4-14-5-9-20(30-3)18(12-14)25-13-21(28)26-29/h4-12,25,29H,13H2,1-3H3,(H,26,28)/b8-4+. The Hall–Kier alpha value is -3.10. The minimum absolute atomic E-state index is 0.134. The minimum atomic E-state index is -0.588. The molecule has 0 aromatic heterocycles. The first-order valence-corrected chi connectivity index (χ1v) is 10.3. The lowest BCUT2D eigenvalue weighted by Crippen LogP contribution is -2.28. The van der Waals surface area contributed by atoms with Crippen LogP contribution in [0.5, 0.6) is 11.5 Å². The highest BCUT2D eigenvalue weighted by Crippen LogP contribution is 2.38. The molecule has 8 heteroatoms. The second-order valence-electron chi connectivity index (χ2n) is 7.42. The highest BCUT2D eigenvalue weighted by molar-refractivity contribution is 9.10. The van der Waals surface area contributed by atoms with Gasteiger partial charge in [0.1, 0.15) is 17.1 Å². The number of allylic oxidation sites excluding steroid dienone is 1. The first kappa shape index (κ1) is 22.6. The van der Waals surface area contributed by atoms with E-state index < -0.39 is 11.5 Å². The van der Waals surface area contributed by atoms with Crippen molar-refractivity contribution in [2.24, 2.45) is 0 Å². The summed E-state index contributed by atoms with van der Waals surface area (Å²) >= 11 is 3.51. The Labute approximate surface area is 188 Å². The number of carbonyl (C=O) groups is 2. The Morgan fingerprint density at radius 1 is 1.26 bits per heavy atom. The Bertz CT molecular complexity index is 1080. The molecule has 162 valence electrons. The molecule has 0 unspecified atom stereocenters. The zero-order valence-electron chi connectivity index (χ0n) is 17.4. The van der Waals surface area contributed by atoms with E-state index in [1.807, 2.05) is 32.1 Å². The summed E-state index contributed by atoms with van der Waals surface area (Å²) in [6, 6.07) is 8.82. The zero-order chi connectivity index (χ0) is 22.6. The number of methoxy groups -OCH3 is 1. The summed E-state index contributed by atoms with van der Waals surface area (Å²) in [5.74, 6) is 0.289. The van der Waals surface area contributed by atoms with Crippen molar-refractivity contribution in [3.05, 3.63) is 63.6 Å². The summed E-state index contributed by atoms with van der Waals surface area (Å²) in [5, 5.41) is 11.5. The van der Waals surface area contributed by atoms with Crippen LogP contribution in [-0.2, 0) is 4.79 Å². The molecule has 1 aliphatic rings. The Balaban J connectivity index is 1.85. The lowest BCUT2D eigenvalue weighted by atomic mass is 9.98. The number of benzene rings is 2. The summed E-state index contributed by atoms with van der Waals surface area (Å²) in [6.45, 7) is 3.73. The normalized spacial score (nSPS) is 14.0. The van der Waals surface area contributed by atoms with E-state index in [-0.39, 0.29) is 12.3 Å². The van der Waals surface area contributed by atoms with Crippen LogP contribution in [0.4, 0.5) is 5.69 Å². The summed E-state index contributed by atoms with van der Waals surface area (Å²) in [4.78, 5) is 24.2. The van der Waals surface area contributed by atoms with Crippen LogP contribution in [0.1, 0.15) is 35.3 Å². The molecule has 31 heavy (non-hydrogen) atoms. The topological polar surface area (TPSA) is 96.9 Å². The van der Waals surface area contributed by atoms with Crippen molar-refractivity contribution in [2.45, 2.75) is 19.4 Å². The van der Waals surface area contributed by atoms with Crippen LogP contribution < -0.4 is 20.3 Å². The maximum atomic E-state index is 12.9. The number of hydrogen-bond acceptors (Lipinski definition) is 6. The predicted molar refractivity (Wildman–Crippen MR) is 123 cm³/mol. The van der Waals surface area contributed by atoms with Crippen LogP contribution in [-0.4, -0.2) is 36.2 Å². The van der Waals surface area contributed by atoms with Crippen molar-refractivity contribution in [2.75, 3.05) is 19.0 Å². The van der Waals surface area contributed by atoms with Gasteiger partial charge in [-0.15, -0.1) is 0 Å². The monoisotopic (exact) mass is 486 g/mol. The van der Waals surface area contributed by atoms with Crippen molar-refractivity contribution in [3.8, 4) is 11.5 Å². The van der Waals surface area contributed by atoms with Gasteiger partial charge in [-0.2, -0.15) is 0 Å². The van der Waals surface area contributed by atoms with Crippen molar-refractivity contribution < 1.29 is 24.3 Å². The molecule has 3 N–H and O–H groups in total. The molecule has 2 aromatic carbocycles. The van der Waals surface area contributed by atoms with Gasteiger partial charge in [-0.25, -0.2) is 5.48 Å². The summed E-state index contributed by atoms with van der Waals surface area (Å²) in [6.07, 6.45) is 7.06. The van der Waals surface area contributed by atoms with Crippen LogP contribution in [0.25, 0.3) is 12.2 Å². The van der Waals surface area contributed by atoms with E-state index in [1.54, 1.807) is 35.8 Å². The minimum Gasteiger partial charge on any atom is -0.495 e. The Kier molecular flexibility index (Phi) is 6.82. The van der Waals surface area contributed by atoms with E-state index in [0.717, 1.165) is 15.6 Å². The smallest absolute Gasteiger partial charge is 0.262 e. The second kappa shape index (κ2) is 9.36. The van der Waals surface area contributed by atoms with Gasteiger partial charge in [-0.05, 0) is 55.8 Å². The number of halogens is 1. The number of rotatable bonds is 7. The van der Waals surface area contributed by atoms with Gasteiger partial charge < -0.3 is 14.8 Å². The number of hydrogen-bond donors (Lipinski definition) is 3. The average molecular weight is 487 g/mol. The van der Waals surface area contributed by atoms with Crippen LogP contribution >= 0.6 is 15.9 Å². The third-order valence-electron chi connectivity index (χ3n) is 4.64. The number of amides is 1. The third kappa shape index (κ3) is 5.34. The quantitative estimate of drug-likeness (QED) is 0.231. The van der Waals surface area contributed by atoms with E-state index >= 15 is 0 Å². The molecule has 0 atom stereocenters. The van der Waals surface area contributed by atoms with Gasteiger partial charge in [0.25, 0.3) is 5.91 Å². The maximum Gasteiger partial charge on any atom is 0.262 e. The number of anilines is 1. The first-order valence-electron chi connectivity index (χ1n) is 9.52. The van der Waals surface area contributed by atoms with Crippen LogP contribution in [0, 0.1) is 0 Å². The molecule has 0 saturated heterocycles. The van der Waals surface area contributed by atoms with Gasteiger partial charge in [0, 0.05) is 10.0 Å². The van der Waals surface area contributed by atoms with Gasteiger partial charge in [0.2, 0.25) is 0 Å². The molecule has 0 spiro atoms. The van der Waals surface area contributed by atoms with Gasteiger partial charge in [0.15, 0.2) is 5.78 Å². The molecule has 0 aliphatic carbocycles. The predicted octanol–water partition coefficient (Wildman–Crippen LogP) is 4.46. The molecule has 1 amide bonds. The maximum absolute atomic E-state index is 12.9. The lowest BCUT2D eigenvalue weighted by molar-refractivity contribution is -0.127. The first-order chi connectivity index (χ1) is 14.7. The highest BCUT2D eigenvalue weighted by Gasteiger charge is 2.26. The number of nitrogens with one attached hydrogen (secondary N) is 2. The molecule has 0 fully saturated rings. The van der Waals surface area contributed by atoms with Crippen molar-refractivity contribution >= 4 is 45.5 Å². The fourth-order valence-electron chi connectivity index (χ4n) is 3.06. The molecule has 1 aliphatic heterocycles. The largest absolute Gasteiger partial charge is 0.495 e. The number of fused-ring (bicyclic) bond motifs is 1. The molecule has 1 heterocycles. The summed E-state index contributed by atoms with van der Waals surface area (Å²) < 4.78 is 12.2. The van der Waals surface area contributed by atoms with E-state index in [1.165, 1.54) is 13.2 Å². The Morgan fingerprint density at radius 3 is 2.74 bits per heavy atom. The molecular formula is C23H23BrN2O5. The van der Waals surface area contributed by atoms with Gasteiger partial charge >= 0.3 is 0 Å². The molecule has 3 rings (SSSR count). The number of hydroxylamine groups is 1. The molecular weight excluding hydrogens is 464 g/mol.